The maximum absolute atomic E-state index is 12.6. The van der Waals surface area contributed by atoms with E-state index in [4.69, 9.17) is 0 Å². The Kier molecular flexibility index (Phi) is 7.86. The normalized spacial score (nSPS) is 17.3. The Morgan fingerprint density at radius 1 is 1.18 bits per heavy atom. The molecule has 1 aromatic carbocycles. The predicted octanol–water partition coefficient (Wildman–Crippen LogP) is 1.21. The van der Waals surface area contributed by atoms with E-state index in [1.54, 1.807) is 13.0 Å². The van der Waals surface area contributed by atoms with Crippen LogP contribution in [0.1, 0.15) is 24.5 Å². The highest BCUT2D eigenvalue weighted by atomic mass is 32.2. The van der Waals surface area contributed by atoms with Crippen LogP contribution in [0.15, 0.2) is 18.2 Å². The fraction of sp³-hybridized carbons (Fsp3) is 0.650. The summed E-state index contributed by atoms with van der Waals surface area (Å²) in [5.41, 5.74) is 2.59. The van der Waals surface area contributed by atoms with Gasteiger partial charge in [0.25, 0.3) is 0 Å². The molecule has 0 unspecified atom stereocenters. The molecule has 158 valence electrons. The third-order valence-electron chi connectivity index (χ3n) is 5.38. The monoisotopic (exact) mass is 410 g/mol. The number of carbonyl (C=O) groups is 1. The molecule has 0 aliphatic carbocycles. The molecule has 0 radical (unpaired) electrons. The first-order valence-corrected chi connectivity index (χ1v) is 11.7. The molecule has 8 heteroatoms. The number of piperazine rings is 1. The number of amides is 1. The average molecular weight is 411 g/mol. The lowest BCUT2D eigenvalue weighted by molar-refractivity contribution is -0.121. The number of hydrogen-bond donors (Lipinski definition) is 1. The van der Waals surface area contributed by atoms with Gasteiger partial charge in [-0.25, -0.2) is 8.42 Å². The fourth-order valence-corrected chi connectivity index (χ4v) is 4.57. The predicted molar refractivity (Wildman–Crippen MR) is 114 cm³/mol. The lowest BCUT2D eigenvalue weighted by atomic mass is 10.1. The number of aryl methyl sites for hydroxylation is 2. The Morgan fingerprint density at radius 2 is 1.82 bits per heavy atom. The van der Waals surface area contributed by atoms with Crippen LogP contribution < -0.4 is 9.62 Å². The number of rotatable bonds is 8. The Hall–Kier alpha value is -1.64. The molecule has 1 atom stereocenters. The molecule has 28 heavy (non-hydrogen) atoms. The van der Waals surface area contributed by atoms with Crippen molar-refractivity contribution in [1.82, 2.24) is 15.1 Å². The molecule has 1 N–H and O–H groups in total. The fourth-order valence-electron chi connectivity index (χ4n) is 3.40. The summed E-state index contributed by atoms with van der Waals surface area (Å²) >= 11 is 0. The summed E-state index contributed by atoms with van der Waals surface area (Å²) in [6.07, 6.45) is 1.99. The highest BCUT2D eigenvalue weighted by molar-refractivity contribution is 7.92. The second-order valence-electron chi connectivity index (χ2n) is 7.79. The molecular formula is C20H34N4O3S. The minimum absolute atomic E-state index is 0.276. The molecular weight excluding hydrogens is 376 g/mol. The number of carbonyl (C=O) groups excluding carboxylic acids is 1. The Bertz CT molecular complexity index is 774. The first kappa shape index (κ1) is 22.6. The maximum Gasteiger partial charge on any atom is 0.243 e. The molecule has 0 bridgehead atoms. The third-order valence-corrected chi connectivity index (χ3v) is 6.62. The summed E-state index contributed by atoms with van der Waals surface area (Å²) in [6, 6.07) is 4.64. The van der Waals surface area contributed by atoms with Crippen LogP contribution in [0.4, 0.5) is 5.69 Å². The van der Waals surface area contributed by atoms with Gasteiger partial charge >= 0.3 is 0 Å². The minimum atomic E-state index is -3.59. The van der Waals surface area contributed by atoms with E-state index in [1.165, 1.54) is 4.31 Å². The van der Waals surface area contributed by atoms with Crippen molar-refractivity contribution in [2.75, 3.05) is 56.9 Å². The summed E-state index contributed by atoms with van der Waals surface area (Å²) in [5, 5.41) is 2.90. The quantitative estimate of drug-likeness (QED) is 0.652. The number of nitrogens with one attached hydrogen (secondary N) is 1. The number of likely N-dealkylation sites (N-methyl/N-ethyl adjacent to an activating group) is 1. The zero-order valence-corrected chi connectivity index (χ0v) is 18.6. The molecule has 2 rings (SSSR count). The highest BCUT2D eigenvalue weighted by Crippen LogP contribution is 2.23. The van der Waals surface area contributed by atoms with Gasteiger partial charge in [0.05, 0.1) is 11.9 Å². The van der Waals surface area contributed by atoms with E-state index >= 15 is 0 Å². The van der Waals surface area contributed by atoms with Crippen molar-refractivity contribution in [1.29, 1.82) is 0 Å². The summed E-state index contributed by atoms with van der Waals surface area (Å²) in [5.74, 6) is -0.276. The van der Waals surface area contributed by atoms with Gasteiger partial charge in [-0.15, -0.1) is 0 Å². The largest absolute Gasteiger partial charge is 0.354 e. The van der Waals surface area contributed by atoms with Gasteiger partial charge in [-0.3, -0.25) is 9.10 Å². The number of nitrogens with zero attached hydrogens (tertiary/aromatic N) is 3. The molecule has 1 heterocycles. The summed E-state index contributed by atoms with van der Waals surface area (Å²) < 4.78 is 25.9. The zero-order valence-electron chi connectivity index (χ0n) is 17.7. The molecule has 0 spiro atoms. The first-order chi connectivity index (χ1) is 13.1. The van der Waals surface area contributed by atoms with E-state index in [-0.39, 0.29) is 5.91 Å². The van der Waals surface area contributed by atoms with E-state index in [1.807, 2.05) is 26.0 Å². The van der Waals surface area contributed by atoms with Crippen molar-refractivity contribution in [2.45, 2.75) is 33.2 Å². The van der Waals surface area contributed by atoms with E-state index in [0.29, 0.717) is 12.2 Å². The second-order valence-corrected chi connectivity index (χ2v) is 9.65. The highest BCUT2D eigenvalue weighted by Gasteiger charge is 2.29. The summed E-state index contributed by atoms with van der Waals surface area (Å²) in [7, 11) is -1.46. The number of hydrogen-bond acceptors (Lipinski definition) is 5. The van der Waals surface area contributed by atoms with Crippen LogP contribution in [0.5, 0.6) is 0 Å². The van der Waals surface area contributed by atoms with Gasteiger partial charge in [-0.1, -0.05) is 6.07 Å². The van der Waals surface area contributed by atoms with Crippen molar-refractivity contribution in [3.05, 3.63) is 29.3 Å². The Morgan fingerprint density at radius 3 is 2.39 bits per heavy atom. The minimum Gasteiger partial charge on any atom is -0.354 e. The van der Waals surface area contributed by atoms with Crippen LogP contribution in [-0.4, -0.2) is 82.7 Å². The number of sulfonamides is 1. The van der Waals surface area contributed by atoms with E-state index < -0.39 is 16.1 Å². The lowest BCUT2D eigenvalue weighted by Gasteiger charge is -2.32. The zero-order chi connectivity index (χ0) is 20.9. The second kappa shape index (κ2) is 9.71. The first-order valence-electron chi connectivity index (χ1n) is 9.85. The maximum atomic E-state index is 12.6. The molecule has 1 saturated heterocycles. The van der Waals surface area contributed by atoms with E-state index in [0.717, 1.165) is 56.5 Å². The molecule has 1 aliphatic rings. The number of anilines is 1. The van der Waals surface area contributed by atoms with Gasteiger partial charge in [0.1, 0.15) is 6.04 Å². The summed E-state index contributed by atoms with van der Waals surface area (Å²) in [4.78, 5) is 17.3. The summed E-state index contributed by atoms with van der Waals surface area (Å²) in [6.45, 7) is 11.3. The Labute approximate surface area is 169 Å². The molecule has 1 fully saturated rings. The molecule has 0 aromatic heterocycles. The smallest absolute Gasteiger partial charge is 0.243 e. The molecule has 1 aromatic rings. The lowest BCUT2D eigenvalue weighted by Crippen LogP contribution is -2.48. The van der Waals surface area contributed by atoms with Crippen LogP contribution in [0.2, 0.25) is 0 Å². The van der Waals surface area contributed by atoms with Crippen LogP contribution in [0.25, 0.3) is 0 Å². The third kappa shape index (κ3) is 6.18. The molecule has 1 aliphatic heterocycles. The SMILES string of the molecule is Cc1ccc(N([C@H](C)C(=O)NCCCN2CCN(C)CC2)S(C)(=O)=O)cc1C. The van der Waals surface area contributed by atoms with E-state index in [9.17, 15) is 13.2 Å². The topological polar surface area (TPSA) is 73.0 Å². The Balaban J connectivity index is 1.93. The van der Waals surface area contributed by atoms with Crippen LogP contribution in [-0.2, 0) is 14.8 Å². The molecule has 0 saturated carbocycles. The van der Waals surface area contributed by atoms with Gasteiger partial charge < -0.3 is 15.1 Å². The van der Waals surface area contributed by atoms with Gasteiger partial charge in [0.15, 0.2) is 0 Å². The van der Waals surface area contributed by atoms with Crippen LogP contribution in [0, 0.1) is 13.8 Å². The van der Waals surface area contributed by atoms with E-state index in [2.05, 4.69) is 22.2 Å². The molecule has 7 nitrogen and oxygen atoms in total. The van der Waals surface area contributed by atoms with Crippen molar-refractivity contribution >= 4 is 21.6 Å². The van der Waals surface area contributed by atoms with Gasteiger partial charge in [-0.05, 0) is 64.0 Å². The standard InChI is InChI=1S/C20H34N4O3S/c1-16-7-8-19(15-17(16)2)24(28(5,26)27)18(3)20(25)21-9-6-10-23-13-11-22(4)12-14-23/h7-8,15,18H,6,9-14H2,1-5H3,(H,21,25)/t18-/m1/s1. The van der Waals surface area contributed by atoms with Crippen molar-refractivity contribution in [2.24, 2.45) is 0 Å². The van der Waals surface area contributed by atoms with Crippen molar-refractivity contribution in [3.8, 4) is 0 Å². The van der Waals surface area contributed by atoms with Crippen molar-refractivity contribution in [3.63, 3.8) is 0 Å². The van der Waals surface area contributed by atoms with Crippen LogP contribution >= 0.6 is 0 Å². The number of benzene rings is 1. The van der Waals surface area contributed by atoms with Gasteiger partial charge in [-0.2, -0.15) is 0 Å². The van der Waals surface area contributed by atoms with Crippen LogP contribution in [0.3, 0.4) is 0 Å². The van der Waals surface area contributed by atoms with Crippen molar-refractivity contribution < 1.29 is 13.2 Å². The van der Waals surface area contributed by atoms with Gasteiger partial charge in [0, 0.05) is 32.7 Å². The molecule has 1 amide bonds. The van der Waals surface area contributed by atoms with Gasteiger partial charge in [0.2, 0.25) is 15.9 Å². The average Bonchev–Trinajstić information content (AvgIpc) is 2.62.